The monoisotopic (exact) mass is 326 g/mol. The van der Waals surface area contributed by atoms with Crippen LogP contribution in [-0.2, 0) is 6.54 Å². The van der Waals surface area contributed by atoms with Gasteiger partial charge in [0.1, 0.15) is 10.0 Å². The van der Waals surface area contributed by atoms with Gasteiger partial charge in [0.05, 0.1) is 13.2 Å². The summed E-state index contributed by atoms with van der Waals surface area (Å²) in [6.07, 6.45) is 0. The molecule has 8 heteroatoms. The number of nitrogens with one attached hydrogen (secondary N) is 1. The third-order valence-electron chi connectivity index (χ3n) is 3.99. The van der Waals surface area contributed by atoms with Gasteiger partial charge in [0.2, 0.25) is 0 Å². The molecule has 2 aliphatic rings. The number of likely N-dealkylation sites (tertiary alicyclic amines) is 1. The van der Waals surface area contributed by atoms with Gasteiger partial charge in [-0.3, -0.25) is 4.90 Å². The molecule has 1 aromatic heterocycles. The summed E-state index contributed by atoms with van der Waals surface area (Å²) in [6.45, 7) is 7.16. The third kappa shape index (κ3) is 3.20. The highest BCUT2D eigenvalue weighted by molar-refractivity contribution is 7.11. The van der Waals surface area contributed by atoms with Crippen LogP contribution in [0.4, 0.5) is 0 Å². The highest BCUT2D eigenvalue weighted by atomic mass is 35.5. The van der Waals surface area contributed by atoms with Gasteiger partial charge in [-0.15, -0.1) is 46.3 Å². The molecular weight excluding hydrogens is 307 g/mol. The van der Waals surface area contributed by atoms with Gasteiger partial charge in [-0.25, -0.2) is 0 Å². The van der Waals surface area contributed by atoms with Crippen LogP contribution >= 0.6 is 36.2 Å². The van der Waals surface area contributed by atoms with Gasteiger partial charge in [-0.1, -0.05) is 0 Å². The van der Waals surface area contributed by atoms with E-state index in [1.54, 1.807) is 11.3 Å². The SMILES string of the molecule is Cc1nnc(CN2CC3CNCC3(CO)C2)s1.Cl.Cl. The predicted molar refractivity (Wildman–Crippen MR) is 80.3 cm³/mol. The number of aryl methyl sites for hydroxylation is 1. The summed E-state index contributed by atoms with van der Waals surface area (Å²) in [5.41, 5.74) is 0.0831. The lowest BCUT2D eigenvalue weighted by Gasteiger charge is -2.25. The summed E-state index contributed by atoms with van der Waals surface area (Å²) in [6, 6.07) is 0. The smallest absolute Gasteiger partial charge is 0.131 e. The molecule has 2 unspecified atom stereocenters. The average molecular weight is 327 g/mol. The molecule has 0 spiro atoms. The zero-order valence-electron chi connectivity index (χ0n) is 10.8. The molecule has 0 amide bonds. The second-order valence-electron chi connectivity index (χ2n) is 5.23. The maximum absolute atomic E-state index is 9.62. The highest BCUT2D eigenvalue weighted by Gasteiger charge is 2.49. The summed E-state index contributed by atoms with van der Waals surface area (Å²) in [4.78, 5) is 2.40. The summed E-state index contributed by atoms with van der Waals surface area (Å²) in [5.74, 6) is 0.585. The Morgan fingerprint density at radius 2 is 2.26 bits per heavy atom. The lowest BCUT2D eigenvalue weighted by molar-refractivity contribution is 0.124. The van der Waals surface area contributed by atoms with Gasteiger partial charge in [0, 0.05) is 25.0 Å². The van der Waals surface area contributed by atoms with Crippen molar-refractivity contribution in [1.29, 1.82) is 0 Å². The lowest BCUT2D eigenvalue weighted by atomic mass is 9.82. The van der Waals surface area contributed by atoms with Crippen LogP contribution in [0, 0.1) is 18.3 Å². The summed E-state index contributed by atoms with van der Waals surface area (Å²) < 4.78 is 0. The highest BCUT2D eigenvalue weighted by Crippen LogP contribution is 2.39. The molecule has 2 aliphatic heterocycles. The Balaban J connectivity index is 0.000000902. The summed E-state index contributed by atoms with van der Waals surface area (Å²) in [5, 5.41) is 23.3. The van der Waals surface area contributed by atoms with E-state index in [0.717, 1.165) is 42.7 Å². The van der Waals surface area contributed by atoms with E-state index >= 15 is 0 Å². The first-order valence-corrected chi connectivity index (χ1v) is 6.86. The Morgan fingerprint density at radius 1 is 1.47 bits per heavy atom. The first-order valence-electron chi connectivity index (χ1n) is 6.05. The Kier molecular flexibility index (Phi) is 5.97. The molecule has 2 saturated heterocycles. The van der Waals surface area contributed by atoms with E-state index in [1.807, 2.05) is 6.92 Å². The molecule has 2 atom stereocenters. The molecule has 2 fully saturated rings. The van der Waals surface area contributed by atoms with Crippen molar-refractivity contribution in [2.45, 2.75) is 13.5 Å². The molecule has 5 nitrogen and oxygen atoms in total. The Morgan fingerprint density at radius 3 is 2.84 bits per heavy atom. The van der Waals surface area contributed by atoms with Gasteiger partial charge in [-0.05, 0) is 19.4 Å². The van der Waals surface area contributed by atoms with Crippen LogP contribution in [0.25, 0.3) is 0 Å². The van der Waals surface area contributed by atoms with Crippen LogP contribution in [0.2, 0.25) is 0 Å². The van der Waals surface area contributed by atoms with Gasteiger partial charge in [0.25, 0.3) is 0 Å². The van der Waals surface area contributed by atoms with E-state index < -0.39 is 0 Å². The number of aliphatic hydroxyl groups is 1. The van der Waals surface area contributed by atoms with Crippen LogP contribution in [0.5, 0.6) is 0 Å². The Labute approximate surface area is 129 Å². The van der Waals surface area contributed by atoms with Crippen molar-refractivity contribution < 1.29 is 5.11 Å². The zero-order valence-corrected chi connectivity index (χ0v) is 13.3. The zero-order chi connectivity index (χ0) is 11.9. The minimum Gasteiger partial charge on any atom is -0.396 e. The van der Waals surface area contributed by atoms with Crippen molar-refractivity contribution in [3.05, 3.63) is 10.0 Å². The number of nitrogens with zero attached hydrogens (tertiary/aromatic N) is 3. The second-order valence-corrected chi connectivity index (χ2v) is 6.50. The van der Waals surface area contributed by atoms with Crippen LogP contribution in [0.3, 0.4) is 0 Å². The Hall–Kier alpha value is 0.0200. The van der Waals surface area contributed by atoms with Crippen LogP contribution in [0.15, 0.2) is 0 Å². The van der Waals surface area contributed by atoms with Gasteiger partial charge in [-0.2, -0.15) is 0 Å². The molecule has 0 radical (unpaired) electrons. The van der Waals surface area contributed by atoms with Crippen molar-refractivity contribution in [1.82, 2.24) is 20.4 Å². The maximum atomic E-state index is 9.62. The van der Waals surface area contributed by atoms with Crippen molar-refractivity contribution in [2.75, 3.05) is 32.8 Å². The Bertz CT molecular complexity index is 419. The lowest BCUT2D eigenvalue weighted by Crippen LogP contribution is -2.35. The van der Waals surface area contributed by atoms with E-state index in [1.165, 1.54) is 0 Å². The molecule has 3 rings (SSSR count). The molecule has 3 heterocycles. The van der Waals surface area contributed by atoms with E-state index in [4.69, 9.17) is 0 Å². The van der Waals surface area contributed by atoms with Crippen molar-refractivity contribution >= 4 is 36.2 Å². The quantitative estimate of drug-likeness (QED) is 0.856. The first kappa shape index (κ1) is 17.1. The molecule has 0 aliphatic carbocycles. The van der Waals surface area contributed by atoms with Gasteiger partial charge in [0.15, 0.2) is 0 Å². The fourth-order valence-corrected chi connectivity index (χ4v) is 3.82. The maximum Gasteiger partial charge on any atom is 0.131 e. The van der Waals surface area contributed by atoms with Crippen LogP contribution in [0.1, 0.15) is 10.0 Å². The standard InChI is InChI=1S/C11H18N4OS.2ClH/c1-8-13-14-10(17-8)4-15-3-9-2-12-5-11(9,6-15)7-16;;/h9,12,16H,2-7H2,1H3;2*1H. The molecule has 0 bridgehead atoms. The van der Waals surface area contributed by atoms with Crippen LogP contribution < -0.4 is 5.32 Å². The van der Waals surface area contributed by atoms with Gasteiger partial charge >= 0.3 is 0 Å². The number of fused-ring (bicyclic) bond motifs is 1. The number of hydrogen-bond donors (Lipinski definition) is 2. The van der Waals surface area contributed by atoms with Crippen molar-refractivity contribution in [3.8, 4) is 0 Å². The fourth-order valence-electron chi connectivity index (χ4n) is 3.07. The van der Waals surface area contributed by atoms with E-state index in [9.17, 15) is 5.11 Å². The van der Waals surface area contributed by atoms with E-state index in [0.29, 0.717) is 5.92 Å². The fraction of sp³-hybridized carbons (Fsp3) is 0.818. The molecular formula is C11H20Cl2N4OS. The molecule has 110 valence electrons. The first-order chi connectivity index (χ1) is 8.22. The molecule has 1 aromatic rings. The van der Waals surface area contributed by atoms with E-state index in [-0.39, 0.29) is 36.8 Å². The largest absolute Gasteiger partial charge is 0.396 e. The number of aliphatic hydroxyl groups excluding tert-OH is 1. The number of hydrogen-bond acceptors (Lipinski definition) is 6. The molecule has 2 N–H and O–H groups in total. The number of aromatic nitrogens is 2. The molecule has 0 saturated carbocycles. The molecule has 19 heavy (non-hydrogen) atoms. The van der Waals surface area contributed by atoms with E-state index in [2.05, 4.69) is 20.4 Å². The minimum atomic E-state index is 0. The van der Waals surface area contributed by atoms with Crippen LogP contribution in [-0.4, -0.2) is 53.0 Å². The number of rotatable bonds is 3. The second kappa shape index (κ2) is 6.65. The predicted octanol–water partition coefficient (Wildman–Crippen LogP) is 0.704. The van der Waals surface area contributed by atoms with Crippen molar-refractivity contribution in [3.63, 3.8) is 0 Å². The summed E-state index contributed by atoms with van der Waals surface area (Å²) >= 11 is 1.67. The van der Waals surface area contributed by atoms with Crippen molar-refractivity contribution in [2.24, 2.45) is 11.3 Å². The topological polar surface area (TPSA) is 61.3 Å². The van der Waals surface area contributed by atoms with Gasteiger partial charge < -0.3 is 10.4 Å². The number of halogens is 2. The molecule has 0 aromatic carbocycles. The summed E-state index contributed by atoms with van der Waals surface area (Å²) in [7, 11) is 0. The third-order valence-corrected chi connectivity index (χ3v) is 4.82. The average Bonchev–Trinajstić information content (AvgIpc) is 2.93. The minimum absolute atomic E-state index is 0. The normalized spacial score (nSPS) is 29.7.